The summed E-state index contributed by atoms with van der Waals surface area (Å²) >= 11 is 1.16. The van der Waals surface area contributed by atoms with Gasteiger partial charge in [0.25, 0.3) is 5.91 Å². The summed E-state index contributed by atoms with van der Waals surface area (Å²) in [5.74, 6) is -2.87. The molecule has 3 rings (SSSR count). The number of fused-ring (bicyclic) bond motifs is 1. The van der Waals surface area contributed by atoms with Gasteiger partial charge in [0.1, 0.15) is 11.5 Å². The van der Waals surface area contributed by atoms with Gasteiger partial charge in [-0.15, -0.1) is 0 Å². The molecule has 1 aromatic carbocycles. The third kappa shape index (κ3) is 7.21. The summed E-state index contributed by atoms with van der Waals surface area (Å²) < 4.78 is 37.8. The third-order valence-electron chi connectivity index (χ3n) is 5.81. The number of likely N-dealkylation sites (tertiary alicyclic amines) is 1. The van der Waals surface area contributed by atoms with Crippen LogP contribution in [-0.4, -0.2) is 80.6 Å². The number of carbonyl (C=O) groups is 3. The van der Waals surface area contributed by atoms with Gasteiger partial charge in [0.2, 0.25) is 5.91 Å². The molecule has 0 bridgehead atoms. The maximum absolute atomic E-state index is 12.6. The molecule has 0 radical (unpaired) electrons. The molecule has 2 aromatic rings. The van der Waals surface area contributed by atoms with E-state index in [0.29, 0.717) is 53.8 Å². The maximum Gasteiger partial charge on any atom is 0.337 e. The summed E-state index contributed by atoms with van der Waals surface area (Å²) in [5.41, 5.74) is 1.08. The number of carbonyl (C=O) groups excluding carboxylic acids is 3. The minimum Gasteiger partial charge on any atom is -0.465 e. The van der Waals surface area contributed by atoms with Crippen molar-refractivity contribution in [2.24, 2.45) is 10.9 Å². The monoisotopic (exact) mass is 525 g/mol. The van der Waals surface area contributed by atoms with Crippen LogP contribution in [0.15, 0.2) is 23.2 Å². The van der Waals surface area contributed by atoms with Crippen molar-refractivity contribution in [3.05, 3.63) is 28.6 Å². The Kier molecular flexibility index (Phi) is 9.20. The fourth-order valence-electron chi connectivity index (χ4n) is 3.84. The van der Waals surface area contributed by atoms with Crippen molar-refractivity contribution < 1.29 is 32.3 Å². The van der Waals surface area contributed by atoms with Crippen molar-refractivity contribution in [3.8, 4) is 0 Å². The second-order valence-corrected chi connectivity index (χ2v) is 11.6. The second kappa shape index (κ2) is 11.9. The van der Waals surface area contributed by atoms with Crippen LogP contribution in [0, 0.1) is 5.92 Å². The first-order valence-corrected chi connectivity index (χ1v) is 14.1. The van der Waals surface area contributed by atoms with Crippen LogP contribution in [0.1, 0.15) is 37.0 Å². The molecule has 0 unspecified atom stereocenters. The van der Waals surface area contributed by atoms with E-state index in [4.69, 9.17) is 9.47 Å². The van der Waals surface area contributed by atoms with Gasteiger partial charge in [-0.3, -0.25) is 9.59 Å². The SMILES string of the molecule is CCOCCn1c(=NC(=O)CS(=O)(=O)CC(=O)N2CCC(C)CC2)sc2cc(C(=O)OC)ccc21. The van der Waals surface area contributed by atoms with Gasteiger partial charge in [0.15, 0.2) is 14.6 Å². The van der Waals surface area contributed by atoms with E-state index in [9.17, 15) is 22.8 Å². The number of rotatable bonds is 9. The van der Waals surface area contributed by atoms with Crippen molar-refractivity contribution in [3.63, 3.8) is 0 Å². The van der Waals surface area contributed by atoms with Crippen molar-refractivity contribution in [1.29, 1.82) is 0 Å². The zero-order valence-electron chi connectivity index (χ0n) is 20.2. The summed E-state index contributed by atoms with van der Waals surface area (Å²) in [5, 5.41) is 0. The summed E-state index contributed by atoms with van der Waals surface area (Å²) in [6, 6.07) is 4.98. The predicted octanol–water partition coefficient (Wildman–Crippen LogP) is 1.63. The first-order chi connectivity index (χ1) is 16.6. The molecule has 1 aromatic heterocycles. The van der Waals surface area contributed by atoms with Gasteiger partial charge in [-0.2, -0.15) is 4.99 Å². The Morgan fingerprint density at radius 2 is 1.89 bits per heavy atom. The lowest BCUT2D eigenvalue weighted by Crippen LogP contribution is -2.41. The number of methoxy groups -OCH3 is 1. The number of sulfone groups is 1. The molecule has 0 saturated carbocycles. The second-order valence-electron chi connectivity index (χ2n) is 8.51. The van der Waals surface area contributed by atoms with Crippen LogP contribution in [0.25, 0.3) is 10.2 Å². The largest absolute Gasteiger partial charge is 0.465 e. The average Bonchev–Trinajstić information content (AvgIpc) is 3.14. The number of hydrogen-bond donors (Lipinski definition) is 0. The highest BCUT2D eigenvalue weighted by molar-refractivity contribution is 7.92. The third-order valence-corrected chi connectivity index (χ3v) is 8.23. The highest BCUT2D eigenvalue weighted by Crippen LogP contribution is 2.20. The van der Waals surface area contributed by atoms with Crippen LogP contribution in [0.2, 0.25) is 0 Å². The molecule has 10 nitrogen and oxygen atoms in total. The van der Waals surface area contributed by atoms with Gasteiger partial charge < -0.3 is 18.9 Å². The van der Waals surface area contributed by atoms with E-state index in [1.807, 2.05) is 6.92 Å². The molecule has 2 heterocycles. The Bertz CT molecular complexity index is 1260. The molecule has 192 valence electrons. The first-order valence-electron chi connectivity index (χ1n) is 11.5. The smallest absolute Gasteiger partial charge is 0.337 e. The van der Waals surface area contributed by atoms with Gasteiger partial charge in [0, 0.05) is 26.2 Å². The van der Waals surface area contributed by atoms with E-state index in [1.54, 1.807) is 27.7 Å². The van der Waals surface area contributed by atoms with E-state index in [0.717, 1.165) is 29.7 Å². The van der Waals surface area contributed by atoms with Gasteiger partial charge in [-0.05, 0) is 43.9 Å². The summed E-state index contributed by atoms with van der Waals surface area (Å²) in [7, 11) is -2.68. The quantitative estimate of drug-likeness (QED) is 0.360. The minimum atomic E-state index is -3.97. The molecular formula is C23H31N3O7S2. The number of hydrogen-bond acceptors (Lipinski definition) is 8. The predicted molar refractivity (Wildman–Crippen MR) is 132 cm³/mol. The standard InChI is InChI=1S/C23H31N3O7S2/c1-4-33-12-11-26-18-6-5-17(22(29)32-3)13-19(18)34-23(26)24-20(27)14-35(30,31)15-21(28)25-9-7-16(2)8-10-25/h5-6,13,16H,4,7-12,14-15H2,1-3H3. The molecule has 1 fully saturated rings. The molecule has 12 heteroatoms. The van der Waals surface area contributed by atoms with Crippen molar-refractivity contribution in [2.45, 2.75) is 33.2 Å². The van der Waals surface area contributed by atoms with Gasteiger partial charge in [-0.1, -0.05) is 18.3 Å². The summed E-state index contributed by atoms with van der Waals surface area (Å²) in [6.07, 6.45) is 1.68. The Morgan fingerprint density at radius 1 is 1.17 bits per heavy atom. The Balaban J connectivity index is 1.82. The Labute approximate surface area is 208 Å². The van der Waals surface area contributed by atoms with Crippen LogP contribution in [0.4, 0.5) is 0 Å². The number of piperidine rings is 1. The average molecular weight is 526 g/mol. The normalized spacial score (nSPS) is 15.5. The zero-order valence-corrected chi connectivity index (χ0v) is 21.8. The zero-order chi connectivity index (χ0) is 25.6. The highest BCUT2D eigenvalue weighted by Gasteiger charge is 2.26. The number of nitrogens with zero attached hydrogens (tertiary/aromatic N) is 3. The molecule has 2 amide bonds. The number of amides is 2. The molecule has 1 aliphatic heterocycles. The maximum atomic E-state index is 12.6. The summed E-state index contributed by atoms with van der Waals surface area (Å²) in [6.45, 7) is 6.29. The molecule has 35 heavy (non-hydrogen) atoms. The van der Waals surface area contributed by atoms with Crippen LogP contribution in [0.3, 0.4) is 0 Å². The van der Waals surface area contributed by atoms with E-state index < -0.39 is 39.1 Å². The minimum absolute atomic E-state index is 0.290. The number of aromatic nitrogens is 1. The number of ether oxygens (including phenoxy) is 2. The van der Waals surface area contributed by atoms with Crippen LogP contribution in [0.5, 0.6) is 0 Å². The summed E-state index contributed by atoms with van der Waals surface area (Å²) in [4.78, 5) is 42.8. The number of benzene rings is 1. The Hall–Kier alpha value is -2.57. The lowest BCUT2D eigenvalue weighted by atomic mass is 9.99. The molecule has 0 spiro atoms. The molecule has 1 saturated heterocycles. The fourth-order valence-corrected chi connectivity index (χ4v) is 6.05. The lowest BCUT2D eigenvalue weighted by Gasteiger charge is -2.30. The highest BCUT2D eigenvalue weighted by atomic mass is 32.2. The lowest BCUT2D eigenvalue weighted by molar-refractivity contribution is -0.129. The molecule has 0 atom stereocenters. The van der Waals surface area contributed by atoms with Crippen LogP contribution in [-0.2, 0) is 35.4 Å². The van der Waals surface area contributed by atoms with E-state index >= 15 is 0 Å². The van der Waals surface area contributed by atoms with Crippen molar-refractivity contribution in [1.82, 2.24) is 9.47 Å². The Morgan fingerprint density at radius 3 is 2.54 bits per heavy atom. The van der Waals surface area contributed by atoms with Gasteiger partial charge >= 0.3 is 5.97 Å². The number of thiazole rings is 1. The molecule has 0 aliphatic carbocycles. The van der Waals surface area contributed by atoms with Crippen molar-refractivity contribution >= 4 is 49.2 Å². The first kappa shape index (κ1) is 27.0. The van der Waals surface area contributed by atoms with Gasteiger partial charge in [0.05, 0.1) is 29.5 Å². The van der Waals surface area contributed by atoms with Crippen LogP contribution >= 0.6 is 11.3 Å². The van der Waals surface area contributed by atoms with Gasteiger partial charge in [-0.25, -0.2) is 13.2 Å². The molecular weight excluding hydrogens is 494 g/mol. The number of esters is 1. The molecule has 1 aliphatic rings. The van der Waals surface area contributed by atoms with E-state index in [1.165, 1.54) is 7.11 Å². The van der Waals surface area contributed by atoms with Crippen molar-refractivity contribution in [2.75, 3.05) is 44.9 Å². The van der Waals surface area contributed by atoms with E-state index in [-0.39, 0.29) is 0 Å². The van der Waals surface area contributed by atoms with E-state index in [2.05, 4.69) is 11.9 Å². The van der Waals surface area contributed by atoms with Crippen LogP contribution < -0.4 is 4.80 Å². The topological polar surface area (TPSA) is 124 Å². The molecule has 0 N–H and O–H groups in total. The fraction of sp³-hybridized carbons (Fsp3) is 0.565.